The Morgan fingerprint density at radius 2 is 2.00 bits per heavy atom. The molecular weight excluding hydrogens is 261 g/mol. The van der Waals surface area contributed by atoms with E-state index < -0.39 is 7.60 Å². The van der Waals surface area contributed by atoms with E-state index >= 15 is 0 Å². The summed E-state index contributed by atoms with van der Waals surface area (Å²) in [6, 6.07) is 9.50. The monoisotopic (exact) mass is 279 g/mol. The van der Waals surface area contributed by atoms with Crippen LogP contribution in [0.25, 0.3) is 6.08 Å². The summed E-state index contributed by atoms with van der Waals surface area (Å²) < 4.78 is 22.8. The Kier molecular flexibility index (Phi) is 5.98. The topological polar surface area (TPSA) is 59.3 Å². The summed E-state index contributed by atoms with van der Waals surface area (Å²) in [7, 11) is -3.51. The highest BCUT2D eigenvalue weighted by Crippen LogP contribution is 2.56. The summed E-state index contributed by atoms with van der Waals surface area (Å²) in [5.41, 5.74) is 1.87. The van der Waals surface area contributed by atoms with Gasteiger partial charge in [0.05, 0.1) is 13.2 Å². The van der Waals surface area contributed by atoms with E-state index in [-0.39, 0.29) is 18.5 Å². The third-order valence-corrected chi connectivity index (χ3v) is 4.37. The van der Waals surface area contributed by atoms with Gasteiger partial charge in [-0.25, -0.2) is 0 Å². The maximum atomic E-state index is 12.5. The SMILES string of the molecule is CCOP(=O)(OCC)/C(C#N)=C/c1cccc(C)c1. The van der Waals surface area contributed by atoms with E-state index in [1.807, 2.05) is 37.3 Å². The fourth-order valence-corrected chi connectivity index (χ4v) is 3.07. The summed E-state index contributed by atoms with van der Waals surface area (Å²) in [6.07, 6.45) is 1.55. The van der Waals surface area contributed by atoms with Gasteiger partial charge in [0.25, 0.3) is 0 Å². The van der Waals surface area contributed by atoms with Gasteiger partial charge < -0.3 is 9.05 Å². The Balaban J connectivity index is 3.18. The van der Waals surface area contributed by atoms with Crippen molar-refractivity contribution in [3.63, 3.8) is 0 Å². The molecule has 0 saturated heterocycles. The lowest BCUT2D eigenvalue weighted by atomic mass is 10.1. The third-order valence-electron chi connectivity index (χ3n) is 2.35. The maximum absolute atomic E-state index is 12.5. The van der Waals surface area contributed by atoms with E-state index in [4.69, 9.17) is 9.05 Å². The Bertz CT molecular complexity index is 536. The first-order chi connectivity index (χ1) is 9.05. The van der Waals surface area contributed by atoms with Gasteiger partial charge in [-0.15, -0.1) is 0 Å². The maximum Gasteiger partial charge on any atom is 0.371 e. The first-order valence-corrected chi connectivity index (χ1v) is 7.68. The van der Waals surface area contributed by atoms with Gasteiger partial charge in [0, 0.05) is 0 Å². The molecule has 0 spiro atoms. The van der Waals surface area contributed by atoms with E-state index in [1.54, 1.807) is 19.9 Å². The van der Waals surface area contributed by atoms with Crippen LogP contribution in [0.15, 0.2) is 29.6 Å². The van der Waals surface area contributed by atoms with Crippen LogP contribution in [-0.4, -0.2) is 13.2 Å². The zero-order chi connectivity index (χ0) is 14.3. The Morgan fingerprint density at radius 3 is 2.47 bits per heavy atom. The molecule has 1 aromatic rings. The summed E-state index contributed by atoms with van der Waals surface area (Å²) in [5, 5.41) is 9.22. The number of aryl methyl sites for hydroxylation is 1. The minimum absolute atomic E-state index is 0.0294. The van der Waals surface area contributed by atoms with Crippen LogP contribution in [0.5, 0.6) is 0 Å². The van der Waals surface area contributed by atoms with Crippen molar-refractivity contribution < 1.29 is 13.6 Å². The summed E-state index contributed by atoms with van der Waals surface area (Å²) in [5.74, 6) is 0. The predicted molar refractivity (Wildman–Crippen MR) is 75.6 cm³/mol. The third kappa shape index (κ3) is 4.33. The molecule has 0 N–H and O–H groups in total. The van der Waals surface area contributed by atoms with Crippen molar-refractivity contribution in [3.05, 3.63) is 40.7 Å². The highest BCUT2D eigenvalue weighted by molar-refractivity contribution is 7.59. The second kappa shape index (κ2) is 7.25. The Labute approximate surface area is 114 Å². The molecule has 0 amide bonds. The number of hydrogen-bond acceptors (Lipinski definition) is 4. The average molecular weight is 279 g/mol. The molecule has 4 nitrogen and oxygen atoms in total. The normalized spacial score (nSPS) is 12.2. The van der Waals surface area contributed by atoms with Gasteiger partial charge in [0.2, 0.25) is 0 Å². The summed E-state index contributed by atoms with van der Waals surface area (Å²) >= 11 is 0. The lowest BCUT2D eigenvalue weighted by molar-refractivity contribution is 0.227. The first kappa shape index (κ1) is 15.7. The molecule has 0 aromatic heterocycles. The molecule has 1 rings (SSSR count). The molecule has 0 bridgehead atoms. The minimum atomic E-state index is -3.51. The molecule has 0 radical (unpaired) electrons. The van der Waals surface area contributed by atoms with Crippen molar-refractivity contribution >= 4 is 13.7 Å². The van der Waals surface area contributed by atoms with Gasteiger partial charge in [-0.05, 0) is 32.4 Å². The number of nitrogens with zero attached hydrogens (tertiary/aromatic N) is 1. The Hall–Kier alpha value is -1.40. The zero-order valence-corrected chi connectivity index (χ0v) is 12.3. The molecule has 0 aliphatic heterocycles. The van der Waals surface area contributed by atoms with E-state index in [2.05, 4.69) is 0 Å². The fraction of sp³-hybridized carbons (Fsp3) is 0.357. The molecule has 0 unspecified atom stereocenters. The molecule has 0 aliphatic carbocycles. The largest absolute Gasteiger partial charge is 0.371 e. The standard InChI is InChI=1S/C14H18NO3P/c1-4-17-19(16,18-5-2)14(11-15)10-13-8-6-7-12(3)9-13/h6-10H,4-5H2,1-3H3/b14-10+. The number of allylic oxidation sites excluding steroid dienone is 1. The number of benzene rings is 1. The van der Waals surface area contributed by atoms with E-state index in [0.717, 1.165) is 11.1 Å². The van der Waals surface area contributed by atoms with Gasteiger partial charge in [-0.1, -0.05) is 29.8 Å². The van der Waals surface area contributed by atoms with Crippen LogP contribution in [0.2, 0.25) is 0 Å². The molecule has 0 fully saturated rings. The molecule has 0 heterocycles. The first-order valence-electron chi connectivity index (χ1n) is 6.14. The van der Waals surface area contributed by atoms with Gasteiger partial charge in [-0.3, -0.25) is 4.57 Å². The van der Waals surface area contributed by atoms with Crippen molar-refractivity contribution in [2.45, 2.75) is 20.8 Å². The fourth-order valence-electron chi connectivity index (χ4n) is 1.61. The number of rotatable bonds is 6. The van der Waals surface area contributed by atoms with Crippen LogP contribution in [0.4, 0.5) is 0 Å². The molecular formula is C14H18NO3P. The lowest BCUT2D eigenvalue weighted by Crippen LogP contribution is -1.97. The van der Waals surface area contributed by atoms with Crippen molar-refractivity contribution in [2.24, 2.45) is 0 Å². The lowest BCUT2D eigenvalue weighted by Gasteiger charge is -2.15. The van der Waals surface area contributed by atoms with Crippen LogP contribution in [0.1, 0.15) is 25.0 Å². The average Bonchev–Trinajstić information content (AvgIpc) is 2.36. The summed E-state index contributed by atoms with van der Waals surface area (Å²) in [4.78, 5) is 0. The van der Waals surface area contributed by atoms with Crippen molar-refractivity contribution in [2.75, 3.05) is 13.2 Å². The van der Waals surface area contributed by atoms with E-state index in [0.29, 0.717) is 0 Å². The Morgan fingerprint density at radius 1 is 1.37 bits per heavy atom. The van der Waals surface area contributed by atoms with Crippen LogP contribution < -0.4 is 0 Å². The molecule has 5 heteroatoms. The van der Waals surface area contributed by atoms with E-state index in [1.165, 1.54) is 0 Å². The molecule has 19 heavy (non-hydrogen) atoms. The quantitative estimate of drug-likeness (QED) is 0.580. The minimum Gasteiger partial charge on any atom is -0.305 e. The van der Waals surface area contributed by atoms with Crippen molar-refractivity contribution in [1.29, 1.82) is 5.26 Å². The highest BCUT2D eigenvalue weighted by atomic mass is 31.2. The molecule has 102 valence electrons. The van der Waals surface area contributed by atoms with Gasteiger partial charge in [-0.2, -0.15) is 5.26 Å². The molecule has 0 atom stereocenters. The smallest absolute Gasteiger partial charge is 0.305 e. The molecule has 1 aromatic carbocycles. The second-order valence-corrected chi connectivity index (χ2v) is 5.88. The zero-order valence-electron chi connectivity index (χ0n) is 11.4. The van der Waals surface area contributed by atoms with Gasteiger partial charge >= 0.3 is 7.60 Å². The van der Waals surface area contributed by atoms with Crippen molar-refractivity contribution in [1.82, 2.24) is 0 Å². The summed E-state index contributed by atoms with van der Waals surface area (Å²) in [6.45, 7) is 5.84. The van der Waals surface area contributed by atoms with Crippen LogP contribution in [-0.2, 0) is 13.6 Å². The van der Waals surface area contributed by atoms with Crippen LogP contribution >= 0.6 is 7.60 Å². The number of nitriles is 1. The second-order valence-electron chi connectivity index (χ2n) is 3.89. The van der Waals surface area contributed by atoms with Crippen molar-refractivity contribution in [3.8, 4) is 6.07 Å². The number of hydrogen-bond donors (Lipinski definition) is 0. The molecule has 0 aliphatic rings. The van der Waals surface area contributed by atoms with Gasteiger partial charge in [0.15, 0.2) is 0 Å². The van der Waals surface area contributed by atoms with Crippen LogP contribution in [0.3, 0.4) is 0 Å². The van der Waals surface area contributed by atoms with E-state index in [9.17, 15) is 9.83 Å². The van der Waals surface area contributed by atoms with Crippen LogP contribution in [0, 0.1) is 18.3 Å². The molecule has 0 saturated carbocycles. The highest BCUT2D eigenvalue weighted by Gasteiger charge is 2.29. The predicted octanol–water partition coefficient (Wildman–Crippen LogP) is 4.13. The van der Waals surface area contributed by atoms with Gasteiger partial charge in [0.1, 0.15) is 11.4 Å².